The fraction of sp³-hybridized carbons (Fsp3) is 0.0769. The number of rotatable bonds is 3. The van der Waals surface area contributed by atoms with Crippen molar-refractivity contribution in [3.63, 3.8) is 0 Å². The van der Waals surface area contributed by atoms with Crippen LogP contribution in [0.3, 0.4) is 0 Å². The normalized spacial score (nSPS) is 11.4. The summed E-state index contributed by atoms with van der Waals surface area (Å²) in [5, 5.41) is 12.7. The van der Waals surface area contributed by atoms with E-state index in [1.54, 1.807) is 36.4 Å². The summed E-state index contributed by atoms with van der Waals surface area (Å²) in [4.78, 5) is 15.3. The standard InChI is InChI=1S/C13H8N4O3S2/c14-6-10-7-17-12(15-11(10)18)21-13(16-17)22(19,20)8-9-4-2-1-3-5-9/h1-5,7H,8H2. The maximum Gasteiger partial charge on any atom is 0.291 e. The van der Waals surface area contributed by atoms with E-state index in [-0.39, 0.29) is 20.6 Å². The molecule has 7 nitrogen and oxygen atoms in total. The molecule has 2 aromatic heterocycles. The number of nitriles is 1. The van der Waals surface area contributed by atoms with Crippen molar-refractivity contribution >= 4 is 26.1 Å². The summed E-state index contributed by atoms with van der Waals surface area (Å²) in [6.07, 6.45) is 1.18. The Labute approximate surface area is 129 Å². The van der Waals surface area contributed by atoms with Crippen molar-refractivity contribution in [1.82, 2.24) is 14.6 Å². The SMILES string of the molecule is N#Cc1cn2nc(S(=O)(=O)Cc3ccccc3)sc2nc1=O. The van der Waals surface area contributed by atoms with Crippen LogP contribution in [0.1, 0.15) is 11.1 Å². The number of hydrogen-bond acceptors (Lipinski definition) is 7. The van der Waals surface area contributed by atoms with Gasteiger partial charge in [0.15, 0.2) is 0 Å². The number of aromatic nitrogens is 3. The van der Waals surface area contributed by atoms with Crippen molar-refractivity contribution in [3.8, 4) is 6.07 Å². The van der Waals surface area contributed by atoms with Crippen LogP contribution in [0.5, 0.6) is 0 Å². The zero-order valence-corrected chi connectivity index (χ0v) is 12.6. The molecule has 0 spiro atoms. The van der Waals surface area contributed by atoms with Gasteiger partial charge in [0.25, 0.3) is 5.56 Å². The molecule has 3 aromatic rings. The van der Waals surface area contributed by atoms with E-state index >= 15 is 0 Å². The predicted octanol–water partition coefficient (Wildman–Crippen LogP) is 0.997. The Hall–Kier alpha value is -2.57. The highest BCUT2D eigenvalue weighted by Gasteiger charge is 2.21. The molecule has 110 valence electrons. The fourth-order valence-electron chi connectivity index (χ4n) is 1.82. The van der Waals surface area contributed by atoms with Gasteiger partial charge in [-0.1, -0.05) is 41.7 Å². The molecule has 0 aliphatic rings. The molecule has 3 rings (SSSR count). The van der Waals surface area contributed by atoms with Crippen LogP contribution >= 0.6 is 11.3 Å². The molecule has 0 aliphatic carbocycles. The van der Waals surface area contributed by atoms with Crippen LogP contribution in [-0.2, 0) is 15.6 Å². The Balaban J connectivity index is 2.06. The van der Waals surface area contributed by atoms with Gasteiger partial charge in [-0.25, -0.2) is 12.9 Å². The summed E-state index contributed by atoms with van der Waals surface area (Å²) >= 11 is 0.800. The third kappa shape index (κ3) is 2.61. The molecule has 0 saturated carbocycles. The predicted molar refractivity (Wildman–Crippen MR) is 79.2 cm³/mol. The molecule has 0 saturated heterocycles. The third-order valence-electron chi connectivity index (χ3n) is 2.83. The lowest BCUT2D eigenvalue weighted by atomic mass is 10.2. The van der Waals surface area contributed by atoms with Crippen LogP contribution in [-0.4, -0.2) is 23.0 Å². The summed E-state index contributed by atoms with van der Waals surface area (Å²) in [5.41, 5.74) is -0.241. The molecule has 9 heteroatoms. The maximum atomic E-state index is 12.4. The Morgan fingerprint density at radius 2 is 2.00 bits per heavy atom. The molecule has 0 aliphatic heterocycles. The number of benzene rings is 1. The van der Waals surface area contributed by atoms with Crippen LogP contribution < -0.4 is 5.56 Å². The number of fused-ring (bicyclic) bond motifs is 1. The van der Waals surface area contributed by atoms with Crippen molar-refractivity contribution in [2.24, 2.45) is 0 Å². The topological polar surface area (TPSA) is 105 Å². The van der Waals surface area contributed by atoms with E-state index in [1.165, 1.54) is 6.20 Å². The minimum Gasteiger partial charge on any atom is -0.266 e. The second-order valence-corrected chi connectivity index (χ2v) is 7.53. The molecule has 22 heavy (non-hydrogen) atoms. The Morgan fingerprint density at radius 1 is 1.27 bits per heavy atom. The summed E-state index contributed by atoms with van der Waals surface area (Å²) in [6, 6.07) is 10.4. The van der Waals surface area contributed by atoms with E-state index in [1.807, 2.05) is 0 Å². The molecule has 0 bridgehead atoms. The number of sulfone groups is 1. The van der Waals surface area contributed by atoms with Gasteiger partial charge in [0.05, 0.1) is 11.9 Å². The molecule has 0 amide bonds. The molecule has 0 unspecified atom stereocenters. The molecular weight excluding hydrogens is 324 g/mol. The van der Waals surface area contributed by atoms with Gasteiger partial charge in [0, 0.05) is 0 Å². The summed E-state index contributed by atoms with van der Waals surface area (Å²) in [7, 11) is -3.65. The van der Waals surface area contributed by atoms with Crippen LogP contribution in [0, 0.1) is 11.3 Å². The van der Waals surface area contributed by atoms with Crippen LogP contribution in [0.2, 0.25) is 0 Å². The molecule has 0 atom stereocenters. The highest BCUT2D eigenvalue weighted by atomic mass is 32.2. The quantitative estimate of drug-likeness (QED) is 0.708. The Morgan fingerprint density at radius 3 is 2.68 bits per heavy atom. The molecule has 0 N–H and O–H groups in total. The van der Waals surface area contributed by atoms with E-state index in [0.717, 1.165) is 15.9 Å². The Kier molecular flexibility index (Phi) is 3.48. The lowest BCUT2D eigenvalue weighted by molar-refractivity contribution is 0.592. The van der Waals surface area contributed by atoms with E-state index in [0.29, 0.717) is 5.56 Å². The lowest BCUT2D eigenvalue weighted by Gasteiger charge is -1.99. The van der Waals surface area contributed by atoms with Gasteiger partial charge in [-0.15, -0.1) is 5.10 Å². The van der Waals surface area contributed by atoms with Gasteiger partial charge in [-0.2, -0.15) is 10.2 Å². The van der Waals surface area contributed by atoms with Crippen LogP contribution in [0.4, 0.5) is 0 Å². The minimum absolute atomic E-state index is 0.135. The largest absolute Gasteiger partial charge is 0.291 e. The zero-order chi connectivity index (χ0) is 15.7. The molecule has 0 radical (unpaired) electrons. The first-order valence-electron chi connectivity index (χ1n) is 6.07. The van der Waals surface area contributed by atoms with Gasteiger partial charge in [0.1, 0.15) is 11.6 Å². The first-order valence-corrected chi connectivity index (χ1v) is 8.54. The van der Waals surface area contributed by atoms with Gasteiger partial charge >= 0.3 is 0 Å². The maximum absolute atomic E-state index is 12.4. The second kappa shape index (κ2) is 5.32. The monoisotopic (exact) mass is 332 g/mol. The van der Waals surface area contributed by atoms with E-state index in [4.69, 9.17) is 5.26 Å². The summed E-state index contributed by atoms with van der Waals surface area (Å²) in [6.45, 7) is 0. The van der Waals surface area contributed by atoms with Crippen molar-refractivity contribution in [2.75, 3.05) is 0 Å². The lowest BCUT2D eigenvalue weighted by Crippen LogP contribution is -2.12. The van der Waals surface area contributed by atoms with Crippen molar-refractivity contribution in [3.05, 3.63) is 58.0 Å². The Bertz CT molecular complexity index is 1050. The smallest absolute Gasteiger partial charge is 0.266 e. The summed E-state index contributed by atoms with van der Waals surface area (Å²) in [5.74, 6) is -0.191. The summed E-state index contributed by atoms with van der Waals surface area (Å²) < 4.78 is 25.7. The second-order valence-electron chi connectivity index (χ2n) is 4.41. The van der Waals surface area contributed by atoms with Gasteiger partial charge < -0.3 is 0 Å². The van der Waals surface area contributed by atoms with Gasteiger partial charge in [-0.05, 0) is 5.56 Å². The average Bonchev–Trinajstić information content (AvgIpc) is 2.90. The molecule has 1 aromatic carbocycles. The van der Waals surface area contributed by atoms with Crippen molar-refractivity contribution < 1.29 is 8.42 Å². The van der Waals surface area contributed by atoms with Crippen LogP contribution in [0.15, 0.2) is 45.7 Å². The zero-order valence-electron chi connectivity index (χ0n) is 11.0. The molecule has 0 fully saturated rings. The molecule has 2 heterocycles. The number of nitrogens with zero attached hydrogens (tertiary/aromatic N) is 4. The van der Waals surface area contributed by atoms with Crippen LogP contribution in [0.25, 0.3) is 4.96 Å². The highest BCUT2D eigenvalue weighted by Crippen LogP contribution is 2.21. The first-order chi connectivity index (χ1) is 10.5. The fourth-order valence-corrected chi connectivity index (χ4v) is 4.29. The number of hydrogen-bond donors (Lipinski definition) is 0. The van der Waals surface area contributed by atoms with Gasteiger partial charge in [0.2, 0.25) is 19.1 Å². The van der Waals surface area contributed by atoms with Gasteiger partial charge in [-0.3, -0.25) is 4.79 Å². The average molecular weight is 332 g/mol. The van der Waals surface area contributed by atoms with E-state index < -0.39 is 15.4 Å². The van der Waals surface area contributed by atoms with Crippen molar-refractivity contribution in [1.29, 1.82) is 5.26 Å². The van der Waals surface area contributed by atoms with Crippen molar-refractivity contribution in [2.45, 2.75) is 10.1 Å². The van der Waals surface area contributed by atoms with E-state index in [2.05, 4.69) is 10.1 Å². The first kappa shape index (κ1) is 14.4. The minimum atomic E-state index is -3.65. The highest BCUT2D eigenvalue weighted by molar-refractivity contribution is 7.92. The molecular formula is C13H8N4O3S2. The van der Waals surface area contributed by atoms with E-state index in [9.17, 15) is 13.2 Å². The third-order valence-corrected chi connectivity index (χ3v) is 5.89.